The predicted molar refractivity (Wildman–Crippen MR) is 95.2 cm³/mol. The summed E-state index contributed by atoms with van der Waals surface area (Å²) in [6.45, 7) is 0. The van der Waals surface area contributed by atoms with E-state index in [1.807, 2.05) is 35.7 Å². The normalized spacial score (nSPS) is 13.4. The molecule has 2 amide bonds. The standard InChI is InChI=1S/C18H12N2O2S2/c21-16-13-8-4-5-9-14(13)17(22)20(16)11-24-18-19-15(10-23-18)12-6-2-1-3-7-12/h1-10H,11H2. The van der Waals surface area contributed by atoms with Gasteiger partial charge in [-0.1, -0.05) is 54.2 Å². The highest BCUT2D eigenvalue weighted by atomic mass is 32.2. The second kappa shape index (κ2) is 6.22. The van der Waals surface area contributed by atoms with Crippen LogP contribution in [0.5, 0.6) is 0 Å². The molecule has 4 nitrogen and oxygen atoms in total. The molecule has 0 atom stereocenters. The molecular formula is C18H12N2O2S2. The van der Waals surface area contributed by atoms with Crippen LogP contribution in [0.2, 0.25) is 0 Å². The number of rotatable bonds is 4. The Morgan fingerprint density at radius 1 is 0.917 bits per heavy atom. The number of thiazole rings is 1. The zero-order valence-corrected chi connectivity index (χ0v) is 14.1. The molecule has 118 valence electrons. The van der Waals surface area contributed by atoms with E-state index in [0.29, 0.717) is 11.1 Å². The highest BCUT2D eigenvalue weighted by molar-refractivity contribution is 8.01. The summed E-state index contributed by atoms with van der Waals surface area (Å²) in [6, 6.07) is 16.9. The SMILES string of the molecule is O=C1c2ccccc2C(=O)N1CSc1nc(-c2ccccc2)cs1. The van der Waals surface area contributed by atoms with Gasteiger partial charge in [0, 0.05) is 10.9 Å². The summed E-state index contributed by atoms with van der Waals surface area (Å²) in [6.07, 6.45) is 0. The topological polar surface area (TPSA) is 50.3 Å². The Kier molecular flexibility index (Phi) is 3.92. The molecule has 0 aliphatic carbocycles. The van der Waals surface area contributed by atoms with Crippen molar-refractivity contribution in [2.75, 3.05) is 5.88 Å². The van der Waals surface area contributed by atoms with Gasteiger partial charge in [0.2, 0.25) is 0 Å². The number of hydrogen-bond acceptors (Lipinski definition) is 5. The van der Waals surface area contributed by atoms with E-state index < -0.39 is 0 Å². The molecule has 1 aliphatic heterocycles. The van der Waals surface area contributed by atoms with Crippen molar-refractivity contribution in [1.82, 2.24) is 9.88 Å². The number of amides is 2. The van der Waals surface area contributed by atoms with Gasteiger partial charge in [0.1, 0.15) is 0 Å². The Hall–Kier alpha value is -2.44. The van der Waals surface area contributed by atoms with Gasteiger partial charge in [-0.25, -0.2) is 4.98 Å². The van der Waals surface area contributed by atoms with Gasteiger partial charge in [-0.3, -0.25) is 14.5 Å². The summed E-state index contributed by atoms with van der Waals surface area (Å²) in [5, 5.41) is 1.99. The molecule has 0 unspecified atom stereocenters. The molecule has 1 aromatic heterocycles. The first-order valence-corrected chi connectivity index (χ1v) is 9.19. The maximum absolute atomic E-state index is 12.3. The van der Waals surface area contributed by atoms with E-state index in [2.05, 4.69) is 4.98 Å². The van der Waals surface area contributed by atoms with E-state index in [4.69, 9.17) is 0 Å². The van der Waals surface area contributed by atoms with Crippen molar-refractivity contribution >= 4 is 34.9 Å². The number of fused-ring (bicyclic) bond motifs is 1. The van der Waals surface area contributed by atoms with Crippen molar-refractivity contribution in [2.45, 2.75) is 4.34 Å². The van der Waals surface area contributed by atoms with Crippen LogP contribution in [0.1, 0.15) is 20.7 Å². The van der Waals surface area contributed by atoms with Crippen molar-refractivity contribution in [3.8, 4) is 11.3 Å². The van der Waals surface area contributed by atoms with Gasteiger partial charge in [-0.05, 0) is 12.1 Å². The number of nitrogens with zero attached hydrogens (tertiary/aromatic N) is 2. The third-order valence-electron chi connectivity index (χ3n) is 3.75. The molecule has 6 heteroatoms. The molecule has 0 fully saturated rings. The van der Waals surface area contributed by atoms with Gasteiger partial charge >= 0.3 is 0 Å². The highest BCUT2D eigenvalue weighted by Crippen LogP contribution is 2.31. The van der Waals surface area contributed by atoms with E-state index in [9.17, 15) is 9.59 Å². The Morgan fingerprint density at radius 2 is 1.54 bits per heavy atom. The van der Waals surface area contributed by atoms with Gasteiger partial charge in [-0.15, -0.1) is 11.3 Å². The average molecular weight is 352 g/mol. The van der Waals surface area contributed by atoms with Crippen molar-refractivity contribution in [3.05, 3.63) is 71.1 Å². The summed E-state index contributed by atoms with van der Waals surface area (Å²) in [5.41, 5.74) is 2.92. The number of carbonyl (C=O) groups is 2. The van der Waals surface area contributed by atoms with E-state index >= 15 is 0 Å². The smallest absolute Gasteiger partial charge is 0.262 e. The third kappa shape index (κ3) is 2.64. The van der Waals surface area contributed by atoms with Crippen LogP contribution in [0.25, 0.3) is 11.3 Å². The highest BCUT2D eigenvalue weighted by Gasteiger charge is 2.35. The van der Waals surface area contributed by atoms with Crippen LogP contribution < -0.4 is 0 Å². The number of aromatic nitrogens is 1. The van der Waals surface area contributed by atoms with Gasteiger partial charge in [-0.2, -0.15) is 0 Å². The minimum atomic E-state index is -0.233. The monoisotopic (exact) mass is 352 g/mol. The number of carbonyl (C=O) groups excluding carboxylic acids is 2. The molecule has 2 aromatic carbocycles. The first-order valence-electron chi connectivity index (χ1n) is 7.33. The molecule has 0 saturated carbocycles. The zero-order chi connectivity index (χ0) is 16.5. The maximum atomic E-state index is 12.3. The molecule has 0 bridgehead atoms. The van der Waals surface area contributed by atoms with Crippen molar-refractivity contribution in [1.29, 1.82) is 0 Å². The largest absolute Gasteiger partial charge is 0.269 e. The van der Waals surface area contributed by atoms with Crippen LogP contribution in [0.4, 0.5) is 0 Å². The van der Waals surface area contributed by atoms with E-state index in [1.54, 1.807) is 24.3 Å². The number of imide groups is 1. The summed E-state index contributed by atoms with van der Waals surface area (Å²) in [5.74, 6) is -0.195. The first kappa shape index (κ1) is 15.1. The molecular weight excluding hydrogens is 340 g/mol. The molecule has 2 heterocycles. The summed E-state index contributed by atoms with van der Waals surface area (Å²) >= 11 is 2.92. The minimum absolute atomic E-state index is 0.233. The Labute approximate surface area is 147 Å². The zero-order valence-electron chi connectivity index (χ0n) is 12.5. The van der Waals surface area contributed by atoms with E-state index in [-0.39, 0.29) is 17.7 Å². The van der Waals surface area contributed by atoms with Crippen molar-refractivity contribution < 1.29 is 9.59 Å². The van der Waals surface area contributed by atoms with Crippen LogP contribution in [0, 0.1) is 0 Å². The minimum Gasteiger partial charge on any atom is -0.269 e. The van der Waals surface area contributed by atoms with Crippen LogP contribution in [-0.2, 0) is 0 Å². The molecule has 4 rings (SSSR count). The van der Waals surface area contributed by atoms with Gasteiger partial charge in [0.05, 0.1) is 22.7 Å². The van der Waals surface area contributed by atoms with E-state index in [0.717, 1.165) is 15.6 Å². The second-order valence-corrected chi connectivity index (χ2v) is 7.27. The fourth-order valence-electron chi connectivity index (χ4n) is 2.54. The summed E-state index contributed by atoms with van der Waals surface area (Å²) in [4.78, 5) is 30.5. The molecule has 1 aliphatic rings. The fourth-order valence-corrected chi connectivity index (χ4v) is 4.31. The van der Waals surface area contributed by atoms with E-state index in [1.165, 1.54) is 28.0 Å². The van der Waals surface area contributed by atoms with Gasteiger partial charge in [0.25, 0.3) is 11.8 Å². The molecule has 0 radical (unpaired) electrons. The third-order valence-corrected chi connectivity index (χ3v) is 5.75. The van der Waals surface area contributed by atoms with Crippen molar-refractivity contribution in [2.24, 2.45) is 0 Å². The van der Waals surface area contributed by atoms with Crippen LogP contribution in [-0.4, -0.2) is 27.6 Å². The second-order valence-electron chi connectivity index (χ2n) is 5.22. The molecule has 0 saturated heterocycles. The molecule has 24 heavy (non-hydrogen) atoms. The Bertz CT molecular complexity index is 887. The van der Waals surface area contributed by atoms with Gasteiger partial charge < -0.3 is 0 Å². The number of thioether (sulfide) groups is 1. The van der Waals surface area contributed by atoms with Crippen LogP contribution >= 0.6 is 23.1 Å². The number of benzene rings is 2. The lowest BCUT2D eigenvalue weighted by Crippen LogP contribution is -2.29. The lowest BCUT2D eigenvalue weighted by atomic mass is 10.1. The van der Waals surface area contributed by atoms with Crippen molar-refractivity contribution in [3.63, 3.8) is 0 Å². The summed E-state index contributed by atoms with van der Waals surface area (Å²) < 4.78 is 0.838. The molecule has 3 aromatic rings. The molecule has 0 spiro atoms. The molecule has 0 N–H and O–H groups in total. The summed E-state index contributed by atoms with van der Waals surface area (Å²) in [7, 11) is 0. The quantitative estimate of drug-likeness (QED) is 0.523. The Balaban J connectivity index is 1.48. The lowest BCUT2D eigenvalue weighted by Gasteiger charge is -2.11. The number of hydrogen-bond donors (Lipinski definition) is 0. The van der Waals surface area contributed by atoms with Crippen LogP contribution in [0.3, 0.4) is 0 Å². The predicted octanol–water partition coefficient (Wildman–Crippen LogP) is 4.16. The van der Waals surface area contributed by atoms with Gasteiger partial charge in [0.15, 0.2) is 4.34 Å². The lowest BCUT2D eigenvalue weighted by molar-refractivity contribution is 0.0684. The maximum Gasteiger partial charge on any atom is 0.262 e. The average Bonchev–Trinajstić information content (AvgIpc) is 3.19. The fraction of sp³-hybridized carbons (Fsp3) is 0.0556. The van der Waals surface area contributed by atoms with Crippen LogP contribution in [0.15, 0.2) is 64.3 Å². The Morgan fingerprint density at radius 3 is 2.21 bits per heavy atom. The first-order chi connectivity index (χ1) is 11.7.